The van der Waals surface area contributed by atoms with E-state index in [0.717, 1.165) is 11.3 Å². The van der Waals surface area contributed by atoms with Gasteiger partial charge in [-0.25, -0.2) is 0 Å². The molecule has 1 aromatic heterocycles. The number of alkyl halides is 1. The molecule has 0 spiro atoms. The highest BCUT2D eigenvalue weighted by atomic mass is 35.5. The number of halogens is 1. The molecule has 14 heavy (non-hydrogen) atoms. The number of fused-ring (bicyclic) bond motifs is 1. The van der Waals surface area contributed by atoms with E-state index in [9.17, 15) is 0 Å². The van der Waals surface area contributed by atoms with Gasteiger partial charge in [-0.2, -0.15) is 0 Å². The van der Waals surface area contributed by atoms with E-state index < -0.39 is 0 Å². The Morgan fingerprint density at radius 1 is 1.36 bits per heavy atom. The molecule has 0 aliphatic heterocycles. The fourth-order valence-corrected chi connectivity index (χ4v) is 3.28. The summed E-state index contributed by atoms with van der Waals surface area (Å²) in [6, 6.07) is 4.35. The summed E-state index contributed by atoms with van der Waals surface area (Å²) in [6.07, 6.45) is 1.02. The van der Waals surface area contributed by atoms with E-state index in [4.69, 9.17) is 11.6 Å². The molecule has 2 rings (SSSR count). The molecule has 0 saturated carbocycles. The van der Waals surface area contributed by atoms with Crippen molar-refractivity contribution in [3.8, 4) is 0 Å². The minimum absolute atomic E-state index is 0.592. The Kier molecular flexibility index (Phi) is 3.05. The van der Waals surface area contributed by atoms with E-state index in [2.05, 4.69) is 37.1 Å². The molecule has 74 valence electrons. The van der Waals surface area contributed by atoms with Crippen molar-refractivity contribution < 1.29 is 0 Å². The first-order valence-corrected chi connectivity index (χ1v) is 6.40. The van der Waals surface area contributed by atoms with E-state index in [1.165, 1.54) is 21.2 Å². The number of thiol groups is 1. The Hall–Kier alpha value is -0.180. The third kappa shape index (κ3) is 1.67. The van der Waals surface area contributed by atoms with Crippen LogP contribution in [-0.4, -0.2) is 0 Å². The number of benzene rings is 1. The van der Waals surface area contributed by atoms with Gasteiger partial charge in [0, 0.05) is 15.5 Å². The van der Waals surface area contributed by atoms with E-state index in [1.54, 1.807) is 11.3 Å². The molecule has 3 heteroatoms. The molecule has 0 saturated heterocycles. The maximum Gasteiger partial charge on any atom is 0.0488 e. The summed E-state index contributed by atoms with van der Waals surface area (Å²) in [5.41, 5.74) is 2.53. The predicted octanol–water partition coefficient (Wildman–Crippen LogP) is 4.49. The number of aryl methyl sites for hydroxylation is 1. The van der Waals surface area contributed by atoms with Gasteiger partial charge in [-0.05, 0) is 40.4 Å². The van der Waals surface area contributed by atoms with Crippen molar-refractivity contribution in [1.82, 2.24) is 0 Å². The van der Waals surface area contributed by atoms with Crippen LogP contribution in [-0.2, 0) is 12.3 Å². The number of rotatable bonds is 2. The zero-order valence-electron chi connectivity index (χ0n) is 7.88. The largest absolute Gasteiger partial charge is 0.143 e. The van der Waals surface area contributed by atoms with E-state index in [0.29, 0.717) is 5.88 Å². The summed E-state index contributed by atoms with van der Waals surface area (Å²) in [6.45, 7) is 2.15. The van der Waals surface area contributed by atoms with Gasteiger partial charge in [0.15, 0.2) is 0 Å². The minimum Gasteiger partial charge on any atom is -0.143 e. The lowest BCUT2D eigenvalue weighted by Crippen LogP contribution is -1.83. The van der Waals surface area contributed by atoms with E-state index in [1.807, 2.05) is 0 Å². The molecule has 0 fully saturated rings. The molecule has 0 aliphatic carbocycles. The highest BCUT2D eigenvalue weighted by Gasteiger charge is 2.06. The van der Waals surface area contributed by atoms with Crippen LogP contribution in [0.15, 0.2) is 22.4 Å². The second-order valence-corrected chi connectivity index (χ2v) is 4.89. The van der Waals surface area contributed by atoms with Crippen LogP contribution in [0.25, 0.3) is 10.1 Å². The van der Waals surface area contributed by atoms with Gasteiger partial charge in [-0.3, -0.25) is 0 Å². The fraction of sp³-hybridized carbons (Fsp3) is 0.273. The molecule has 0 amide bonds. The first-order chi connectivity index (χ1) is 6.76. The van der Waals surface area contributed by atoms with Crippen LogP contribution >= 0.6 is 35.6 Å². The molecule has 1 aromatic carbocycles. The molecule has 0 N–H and O–H groups in total. The summed E-state index contributed by atoms with van der Waals surface area (Å²) < 4.78 is 1.28. The fourth-order valence-electron chi connectivity index (χ4n) is 1.55. The standard InChI is InChI=1S/C11H11ClS2/c1-2-7-3-9-8(5-12)6-14-11(9)4-10(7)13/h3-4,6,13H,2,5H2,1H3. The summed E-state index contributed by atoms with van der Waals surface area (Å²) in [5, 5.41) is 3.42. The Bertz CT molecular complexity index is 460. The second-order valence-electron chi connectivity index (χ2n) is 3.23. The van der Waals surface area contributed by atoms with Crippen molar-refractivity contribution in [3.63, 3.8) is 0 Å². The summed E-state index contributed by atoms with van der Waals surface area (Å²) in [5.74, 6) is 0.592. The van der Waals surface area contributed by atoms with Crippen LogP contribution < -0.4 is 0 Å². The van der Waals surface area contributed by atoms with Crippen LogP contribution in [0.4, 0.5) is 0 Å². The lowest BCUT2D eigenvalue weighted by Gasteiger charge is -2.02. The third-order valence-electron chi connectivity index (χ3n) is 2.38. The highest BCUT2D eigenvalue weighted by molar-refractivity contribution is 7.80. The predicted molar refractivity (Wildman–Crippen MR) is 68.0 cm³/mol. The topological polar surface area (TPSA) is 0 Å². The lowest BCUT2D eigenvalue weighted by atomic mass is 10.1. The number of hydrogen-bond acceptors (Lipinski definition) is 2. The summed E-state index contributed by atoms with van der Waals surface area (Å²) >= 11 is 12.1. The summed E-state index contributed by atoms with van der Waals surface area (Å²) in [7, 11) is 0. The van der Waals surface area contributed by atoms with Gasteiger partial charge in [0.1, 0.15) is 0 Å². The number of hydrogen-bond donors (Lipinski definition) is 1. The Balaban J connectivity index is 2.70. The van der Waals surface area contributed by atoms with Crippen molar-refractivity contribution in [2.75, 3.05) is 0 Å². The first-order valence-electron chi connectivity index (χ1n) is 4.54. The lowest BCUT2D eigenvalue weighted by molar-refractivity contribution is 1.09. The Morgan fingerprint density at radius 2 is 2.14 bits per heavy atom. The van der Waals surface area contributed by atoms with Crippen molar-refractivity contribution in [2.24, 2.45) is 0 Å². The molecule has 2 aromatic rings. The van der Waals surface area contributed by atoms with Crippen molar-refractivity contribution in [1.29, 1.82) is 0 Å². The smallest absolute Gasteiger partial charge is 0.0488 e. The average Bonchev–Trinajstić information content (AvgIpc) is 2.58. The maximum atomic E-state index is 5.87. The van der Waals surface area contributed by atoms with Crippen LogP contribution in [0.5, 0.6) is 0 Å². The monoisotopic (exact) mass is 242 g/mol. The second kappa shape index (κ2) is 4.13. The number of thiophene rings is 1. The van der Waals surface area contributed by atoms with Gasteiger partial charge in [0.25, 0.3) is 0 Å². The van der Waals surface area contributed by atoms with Crippen LogP contribution in [0.3, 0.4) is 0 Å². The van der Waals surface area contributed by atoms with Gasteiger partial charge < -0.3 is 0 Å². The van der Waals surface area contributed by atoms with Crippen LogP contribution in [0, 0.1) is 0 Å². The molecule has 0 aliphatic rings. The molecular weight excluding hydrogens is 232 g/mol. The molecule has 0 nitrogen and oxygen atoms in total. The zero-order valence-corrected chi connectivity index (χ0v) is 10.3. The third-order valence-corrected chi connectivity index (χ3v) is 4.08. The SMILES string of the molecule is CCc1cc2c(CCl)csc2cc1S. The Morgan fingerprint density at radius 3 is 2.79 bits per heavy atom. The van der Waals surface area contributed by atoms with Gasteiger partial charge in [-0.1, -0.05) is 6.92 Å². The molecule has 0 atom stereocenters. The van der Waals surface area contributed by atoms with Crippen LogP contribution in [0.2, 0.25) is 0 Å². The maximum absolute atomic E-state index is 5.87. The Labute approximate surface area is 98.3 Å². The van der Waals surface area contributed by atoms with Crippen LogP contribution in [0.1, 0.15) is 18.1 Å². The average molecular weight is 243 g/mol. The van der Waals surface area contributed by atoms with Crippen molar-refractivity contribution >= 4 is 45.7 Å². The minimum atomic E-state index is 0.592. The van der Waals surface area contributed by atoms with Gasteiger partial charge in [-0.15, -0.1) is 35.6 Å². The van der Waals surface area contributed by atoms with E-state index in [-0.39, 0.29) is 0 Å². The van der Waals surface area contributed by atoms with Gasteiger partial charge in [0.2, 0.25) is 0 Å². The van der Waals surface area contributed by atoms with Gasteiger partial charge >= 0.3 is 0 Å². The highest BCUT2D eigenvalue weighted by Crippen LogP contribution is 2.31. The molecular formula is C11H11ClS2. The normalized spacial score (nSPS) is 11.1. The zero-order chi connectivity index (χ0) is 10.1. The van der Waals surface area contributed by atoms with E-state index >= 15 is 0 Å². The van der Waals surface area contributed by atoms with Gasteiger partial charge in [0.05, 0.1) is 0 Å². The van der Waals surface area contributed by atoms with Crippen molar-refractivity contribution in [3.05, 3.63) is 28.6 Å². The molecule has 0 bridgehead atoms. The molecule has 0 unspecified atom stereocenters. The molecule has 1 heterocycles. The quantitative estimate of drug-likeness (QED) is 0.582. The molecule has 0 radical (unpaired) electrons. The van der Waals surface area contributed by atoms with Crippen molar-refractivity contribution in [2.45, 2.75) is 24.1 Å². The summed E-state index contributed by atoms with van der Waals surface area (Å²) in [4.78, 5) is 1.09. The first kappa shape index (κ1) is 10.3.